The summed E-state index contributed by atoms with van der Waals surface area (Å²) in [6, 6.07) is 0.486. The van der Waals surface area contributed by atoms with E-state index in [-0.39, 0.29) is 18.1 Å². The zero-order valence-electron chi connectivity index (χ0n) is 6.27. The molecule has 3 unspecified atom stereocenters. The highest BCUT2D eigenvalue weighted by Crippen LogP contribution is 2.25. The molecule has 4 heteroatoms. The van der Waals surface area contributed by atoms with Gasteiger partial charge in [-0.25, -0.2) is 0 Å². The summed E-state index contributed by atoms with van der Waals surface area (Å²) in [5.41, 5.74) is 5.81. The Bertz CT molecular complexity index is 174. The van der Waals surface area contributed by atoms with Crippen LogP contribution in [0.25, 0.3) is 0 Å². The molecule has 0 aromatic rings. The molecule has 62 valence electrons. The molecule has 2 aliphatic rings. The van der Waals surface area contributed by atoms with Crippen molar-refractivity contribution in [3.05, 3.63) is 0 Å². The number of ether oxygens (including phenoxy) is 1. The summed E-state index contributed by atoms with van der Waals surface area (Å²) in [6.45, 7) is 1.26. The quantitative estimate of drug-likeness (QED) is 0.492. The van der Waals surface area contributed by atoms with Crippen LogP contribution in [0.2, 0.25) is 0 Å². The minimum Gasteiger partial charge on any atom is -0.377 e. The summed E-state index contributed by atoms with van der Waals surface area (Å²) < 4.78 is 5.28. The fourth-order valence-electron chi connectivity index (χ4n) is 1.94. The van der Waals surface area contributed by atoms with E-state index in [4.69, 9.17) is 10.5 Å². The summed E-state index contributed by atoms with van der Waals surface area (Å²) in [7, 11) is 0. The van der Waals surface area contributed by atoms with E-state index in [0.29, 0.717) is 13.2 Å². The Morgan fingerprint density at radius 1 is 1.55 bits per heavy atom. The van der Waals surface area contributed by atoms with Gasteiger partial charge in [-0.2, -0.15) is 0 Å². The molecule has 0 saturated carbocycles. The fraction of sp³-hybridized carbons (Fsp3) is 0.857. The van der Waals surface area contributed by atoms with Gasteiger partial charge < -0.3 is 15.4 Å². The number of fused-ring (bicyclic) bond motifs is 2. The fourth-order valence-corrected chi connectivity index (χ4v) is 1.94. The van der Waals surface area contributed by atoms with E-state index in [1.165, 1.54) is 0 Å². The van der Waals surface area contributed by atoms with E-state index >= 15 is 0 Å². The number of hydrogen-bond acceptors (Lipinski definition) is 3. The van der Waals surface area contributed by atoms with Gasteiger partial charge in [0.25, 0.3) is 0 Å². The van der Waals surface area contributed by atoms with Crippen LogP contribution in [0.5, 0.6) is 0 Å². The van der Waals surface area contributed by atoms with Gasteiger partial charge in [-0.15, -0.1) is 0 Å². The molecule has 0 aliphatic carbocycles. The molecule has 3 atom stereocenters. The number of nitrogens with two attached hydrogens (primary N) is 1. The van der Waals surface area contributed by atoms with Gasteiger partial charge in [-0.05, 0) is 6.42 Å². The highest BCUT2D eigenvalue weighted by Gasteiger charge is 2.41. The van der Waals surface area contributed by atoms with Crippen LogP contribution in [0.4, 0.5) is 0 Å². The van der Waals surface area contributed by atoms with Gasteiger partial charge in [0.15, 0.2) is 0 Å². The Labute approximate surface area is 65.3 Å². The molecule has 0 spiro atoms. The largest absolute Gasteiger partial charge is 0.377 e. The van der Waals surface area contributed by atoms with Crippen LogP contribution in [0.3, 0.4) is 0 Å². The van der Waals surface area contributed by atoms with Gasteiger partial charge in [0.1, 0.15) is 0 Å². The molecule has 4 nitrogen and oxygen atoms in total. The first-order chi connectivity index (χ1) is 5.33. The topological polar surface area (TPSA) is 55.6 Å². The number of hydrogen-bond donors (Lipinski definition) is 1. The van der Waals surface area contributed by atoms with Crippen LogP contribution < -0.4 is 5.73 Å². The van der Waals surface area contributed by atoms with Crippen molar-refractivity contribution in [1.82, 2.24) is 4.90 Å². The normalized spacial score (nSPS) is 42.6. The lowest BCUT2D eigenvalue weighted by Crippen LogP contribution is -2.48. The zero-order chi connectivity index (χ0) is 7.84. The number of carbonyl (C=O) groups is 1. The van der Waals surface area contributed by atoms with Crippen molar-refractivity contribution in [2.24, 2.45) is 5.73 Å². The van der Waals surface area contributed by atoms with Crippen molar-refractivity contribution in [1.29, 1.82) is 0 Å². The van der Waals surface area contributed by atoms with Crippen LogP contribution in [0, 0.1) is 0 Å². The minimum atomic E-state index is 0.118. The SMILES string of the molecule is NC1CC2COCC1N2C=O. The molecule has 0 aromatic heterocycles. The van der Waals surface area contributed by atoms with Gasteiger partial charge in [-0.1, -0.05) is 0 Å². The Balaban J connectivity index is 2.17. The van der Waals surface area contributed by atoms with Gasteiger partial charge in [0, 0.05) is 6.04 Å². The molecule has 2 aliphatic heterocycles. The van der Waals surface area contributed by atoms with Crippen LogP contribution in [0.1, 0.15) is 6.42 Å². The average molecular weight is 156 g/mol. The smallest absolute Gasteiger partial charge is 0.210 e. The van der Waals surface area contributed by atoms with E-state index in [1.807, 2.05) is 0 Å². The Morgan fingerprint density at radius 2 is 2.36 bits per heavy atom. The molecule has 2 heterocycles. The highest BCUT2D eigenvalue weighted by molar-refractivity contribution is 5.50. The third kappa shape index (κ3) is 0.937. The number of rotatable bonds is 1. The second-order valence-electron chi connectivity index (χ2n) is 3.21. The first kappa shape index (κ1) is 7.06. The maximum atomic E-state index is 10.6. The summed E-state index contributed by atoms with van der Waals surface area (Å²) in [4.78, 5) is 12.4. The molecule has 2 rings (SSSR count). The van der Waals surface area contributed by atoms with Crippen LogP contribution in [-0.2, 0) is 9.53 Å². The van der Waals surface area contributed by atoms with Gasteiger partial charge in [0.2, 0.25) is 6.41 Å². The standard InChI is InChI=1S/C7H12N2O2/c8-6-1-5-2-11-3-7(6)9(5)4-10/h4-7H,1-3,8H2. The van der Waals surface area contributed by atoms with E-state index in [9.17, 15) is 4.79 Å². The van der Waals surface area contributed by atoms with Crippen molar-refractivity contribution in [2.75, 3.05) is 13.2 Å². The third-order valence-corrected chi connectivity index (χ3v) is 2.56. The average Bonchev–Trinajstić information content (AvgIpc) is 2.17. The van der Waals surface area contributed by atoms with Crippen molar-refractivity contribution < 1.29 is 9.53 Å². The molecule has 0 aromatic carbocycles. The number of amides is 1. The van der Waals surface area contributed by atoms with Gasteiger partial charge in [-0.3, -0.25) is 4.79 Å². The van der Waals surface area contributed by atoms with E-state index in [1.54, 1.807) is 4.90 Å². The first-order valence-electron chi connectivity index (χ1n) is 3.89. The number of morpholine rings is 1. The van der Waals surface area contributed by atoms with Crippen molar-refractivity contribution in [2.45, 2.75) is 24.5 Å². The molecule has 2 N–H and O–H groups in total. The van der Waals surface area contributed by atoms with Crippen molar-refractivity contribution in [3.8, 4) is 0 Å². The lowest BCUT2D eigenvalue weighted by atomic mass is 10.1. The second-order valence-corrected chi connectivity index (χ2v) is 3.21. The van der Waals surface area contributed by atoms with Crippen molar-refractivity contribution >= 4 is 6.41 Å². The van der Waals surface area contributed by atoms with E-state index in [2.05, 4.69) is 0 Å². The summed E-state index contributed by atoms with van der Waals surface area (Å²) in [5.74, 6) is 0. The Kier molecular flexibility index (Phi) is 1.58. The summed E-state index contributed by atoms with van der Waals surface area (Å²) in [6.07, 6.45) is 1.79. The second kappa shape index (κ2) is 2.46. The lowest BCUT2D eigenvalue weighted by Gasteiger charge is -2.31. The zero-order valence-corrected chi connectivity index (χ0v) is 6.27. The van der Waals surface area contributed by atoms with E-state index < -0.39 is 0 Å². The number of carbonyl (C=O) groups excluding carboxylic acids is 1. The Hall–Kier alpha value is -0.610. The minimum absolute atomic E-state index is 0.118. The maximum absolute atomic E-state index is 10.6. The molecule has 2 bridgehead atoms. The molecular weight excluding hydrogens is 144 g/mol. The molecule has 0 radical (unpaired) electrons. The summed E-state index contributed by atoms with van der Waals surface area (Å²) >= 11 is 0. The molecule has 1 amide bonds. The summed E-state index contributed by atoms with van der Waals surface area (Å²) in [5, 5.41) is 0. The highest BCUT2D eigenvalue weighted by atomic mass is 16.5. The van der Waals surface area contributed by atoms with Gasteiger partial charge in [0.05, 0.1) is 25.3 Å². The van der Waals surface area contributed by atoms with E-state index in [0.717, 1.165) is 12.8 Å². The third-order valence-electron chi connectivity index (χ3n) is 2.56. The Morgan fingerprint density at radius 3 is 2.91 bits per heavy atom. The van der Waals surface area contributed by atoms with Crippen LogP contribution >= 0.6 is 0 Å². The lowest BCUT2D eigenvalue weighted by molar-refractivity contribution is -0.127. The van der Waals surface area contributed by atoms with Crippen molar-refractivity contribution in [3.63, 3.8) is 0 Å². The first-order valence-corrected chi connectivity index (χ1v) is 3.89. The van der Waals surface area contributed by atoms with Crippen LogP contribution in [0.15, 0.2) is 0 Å². The predicted octanol–water partition coefficient (Wildman–Crippen LogP) is -1.06. The van der Waals surface area contributed by atoms with Gasteiger partial charge >= 0.3 is 0 Å². The molecular formula is C7H12N2O2. The number of nitrogens with zero attached hydrogens (tertiary/aromatic N) is 1. The molecule has 2 fully saturated rings. The molecule has 2 saturated heterocycles. The molecule has 11 heavy (non-hydrogen) atoms. The maximum Gasteiger partial charge on any atom is 0.210 e. The monoisotopic (exact) mass is 156 g/mol. The van der Waals surface area contributed by atoms with Crippen LogP contribution in [-0.4, -0.2) is 42.6 Å². The predicted molar refractivity (Wildman–Crippen MR) is 38.9 cm³/mol.